The van der Waals surface area contributed by atoms with Crippen molar-refractivity contribution >= 4 is 17.4 Å². The Labute approximate surface area is 164 Å². The number of nitrogens with one attached hydrogen (secondary N) is 1. The lowest BCUT2D eigenvalue weighted by Gasteiger charge is -2.37. The number of hydrogen-bond donors (Lipinski definition) is 1. The molecule has 4 rings (SSSR count). The molecule has 0 saturated carbocycles. The minimum atomic E-state index is -0.334. The SMILES string of the molecule is C[C@@H]1CN(c2ccc(NC(=O)N3CCn4cccc4[C@@H]3C)cc2F)C[C@H](C)O1. The van der Waals surface area contributed by atoms with Crippen molar-refractivity contribution in [2.24, 2.45) is 0 Å². The van der Waals surface area contributed by atoms with Gasteiger partial charge in [-0.25, -0.2) is 9.18 Å². The molecule has 0 bridgehead atoms. The van der Waals surface area contributed by atoms with Crippen molar-refractivity contribution in [1.29, 1.82) is 0 Å². The highest BCUT2D eigenvalue weighted by Gasteiger charge is 2.28. The number of ether oxygens (including phenoxy) is 1. The summed E-state index contributed by atoms with van der Waals surface area (Å²) in [6.07, 6.45) is 2.15. The van der Waals surface area contributed by atoms with Crippen LogP contribution in [0.25, 0.3) is 0 Å². The first-order chi connectivity index (χ1) is 13.4. The van der Waals surface area contributed by atoms with Crippen LogP contribution < -0.4 is 10.2 Å². The molecule has 7 heteroatoms. The van der Waals surface area contributed by atoms with E-state index in [1.54, 1.807) is 17.0 Å². The van der Waals surface area contributed by atoms with Gasteiger partial charge in [0.25, 0.3) is 0 Å². The molecule has 1 saturated heterocycles. The van der Waals surface area contributed by atoms with E-state index < -0.39 is 0 Å². The van der Waals surface area contributed by atoms with Gasteiger partial charge in [-0.05, 0) is 51.1 Å². The van der Waals surface area contributed by atoms with E-state index in [9.17, 15) is 9.18 Å². The zero-order chi connectivity index (χ0) is 19.8. The van der Waals surface area contributed by atoms with Gasteiger partial charge in [0.1, 0.15) is 5.82 Å². The van der Waals surface area contributed by atoms with Gasteiger partial charge in [-0.1, -0.05) is 0 Å². The molecule has 2 aliphatic heterocycles. The summed E-state index contributed by atoms with van der Waals surface area (Å²) in [5.41, 5.74) is 2.12. The summed E-state index contributed by atoms with van der Waals surface area (Å²) in [7, 11) is 0. The minimum absolute atomic E-state index is 0.0239. The molecule has 28 heavy (non-hydrogen) atoms. The molecule has 0 radical (unpaired) electrons. The van der Waals surface area contributed by atoms with E-state index in [0.717, 1.165) is 12.2 Å². The Morgan fingerprint density at radius 2 is 1.89 bits per heavy atom. The van der Waals surface area contributed by atoms with Crippen LogP contribution in [0.5, 0.6) is 0 Å². The van der Waals surface area contributed by atoms with Crippen LogP contribution in [0.2, 0.25) is 0 Å². The summed E-state index contributed by atoms with van der Waals surface area (Å²) < 4.78 is 22.6. The number of urea groups is 1. The molecule has 1 N–H and O–H groups in total. The number of aromatic nitrogens is 1. The number of morpholine rings is 1. The molecule has 2 amide bonds. The third-order valence-electron chi connectivity index (χ3n) is 5.56. The van der Waals surface area contributed by atoms with E-state index in [0.29, 0.717) is 31.0 Å². The summed E-state index contributed by atoms with van der Waals surface area (Å²) in [5, 5.41) is 2.85. The number of anilines is 2. The number of benzene rings is 1. The summed E-state index contributed by atoms with van der Waals surface area (Å²) >= 11 is 0. The van der Waals surface area contributed by atoms with Crippen molar-refractivity contribution < 1.29 is 13.9 Å². The monoisotopic (exact) mass is 386 g/mol. The Bertz CT molecular complexity index is 858. The van der Waals surface area contributed by atoms with Gasteiger partial charge in [-0.2, -0.15) is 0 Å². The number of fused-ring (bicyclic) bond motifs is 1. The standard InChI is InChI=1S/C21H27FN4O2/c1-14-12-25(13-15(2)28-14)20-7-6-17(11-18(20)22)23-21(27)26-10-9-24-8-4-5-19(24)16(26)3/h4-8,11,14-16H,9-10,12-13H2,1-3H3,(H,23,27)/t14-,15+,16-/m0/s1. The second kappa shape index (κ2) is 7.47. The highest BCUT2D eigenvalue weighted by atomic mass is 19.1. The topological polar surface area (TPSA) is 49.7 Å². The van der Waals surface area contributed by atoms with E-state index in [4.69, 9.17) is 4.74 Å². The van der Waals surface area contributed by atoms with E-state index in [-0.39, 0.29) is 30.1 Å². The van der Waals surface area contributed by atoms with Crippen LogP contribution >= 0.6 is 0 Å². The van der Waals surface area contributed by atoms with E-state index in [2.05, 4.69) is 9.88 Å². The molecule has 0 unspecified atom stereocenters. The number of halogens is 1. The molecule has 2 aliphatic rings. The van der Waals surface area contributed by atoms with Gasteiger partial charge in [0.05, 0.1) is 23.9 Å². The lowest BCUT2D eigenvalue weighted by molar-refractivity contribution is -0.00539. The Morgan fingerprint density at radius 3 is 2.61 bits per heavy atom. The normalized spacial score (nSPS) is 24.8. The summed E-state index contributed by atoms with van der Waals surface area (Å²) in [6, 6.07) is 8.69. The number of nitrogens with zero attached hydrogens (tertiary/aromatic N) is 3. The maximum Gasteiger partial charge on any atom is 0.322 e. The van der Waals surface area contributed by atoms with Crippen molar-refractivity contribution in [3.8, 4) is 0 Å². The van der Waals surface area contributed by atoms with Crippen LogP contribution in [0.4, 0.5) is 20.6 Å². The van der Waals surface area contributed by atoms with Gasteiger partial charge in [0.2, 0.25) is 0 Å². The molecular formula is C21H27FN4O2. The Balaban J connectivity index is 1.46. The first-order valence-electron chi connectivity index (χ1n) is 9.85. The lowest BCUT2D eigenvalue weighted by atomic mass is 10.1. The number of carbonyl (C=O) groups excluding carboxylic acids is 1. The van der Waals surface area contributed by atoms with Gasteiger partial charge in [-0.3, -0.25) is 0 Å². The van der Waals surface area contributed by atoms with Crippen molar-refractivity contribution in [2.75, 3.05) is 29.9 Å². The highest BCUT2D eigenvalue weighted by molar-refractivity contribution is 5.90. The van der Waals surface area contributed by atoms with Crippen LogP contribution in [0, 0.1) is 5.82 Å². The van der Waals surface area contributed by atoms with Crippen molar-refractivity contribution in [2.45, 2.75) is 45.6 Å². The second-order valence-electron chi connectivity index (χ2n) is 7.75. The number of hydrogen-bond acceptors (Lipinski definition) is 3. The molecule has 150 valence electrons. The summed E-state index contributed by atoms with van der Waals surface area (Å²) in [4.78, 5) is 16.5. The van der Waals surface area contributed by atoms with E-state index in [1.165, 1.54) is 6.07 Å². The molecule has 1 aromatic heterocycles. The fourth-order valence-corrected chi connectivity index (χ4v) is 4.27. The molecular weight excluding hydrogens is 359 g/mol. The lowest BCUT2D eigenvalue weighted by Crippen LogP contribution is -2.45. The average Bonchev–Trinajstić information content (AvgIpc) is 3.11. The smallest absolute Gasteiger partial charge is 0.322 e. The minimum Gasteiger partial charge on any atom is -0.372 e. The van der Waals surface area contributed by atoms with E-state index in [1.807, 2.05) is 44.0 Å². The molecule has 3 atom stereocenters. The first kappa shape index (κ1) is 18.8. The molecule has 2 aromatic rings. The molecule has 1 aromatic carbocycles. The number of carbonyl (C=O) groups is 1. The van der Waals surface area contributed by atoms with Gasteiger partial charge < -0.3 is 24.4 Å². The number of amides is 2. The largest absolute Gasteiger partial charge is 0.372 e. The quantitative estimate of drug-likeness (QED) is 0.853. The zero-order valence-corrected chi connectivity index (χ0v) is 16.6. The third kappa shape index (κ3) is 3.58. The van der Waals surface area contributed by atoms with Gasteiger partial charge in [0, 0.05) is 43.8 Å². The molecule has 3 heterocycles. The Kier molecular flexibility index (Phi) is 5.02. The number of rotatable bonds is 2. The molecule has 6 nitrogen and oxygen atoms in total. The zero-order valence-electron chi connectivity index (χ0n) is 16.6. The second-order valence-corrected chi connectivity index (χ2v) is 7.75. The summed E-state index contributed by atoms with van der Waals surface area (Å²) in [5.74, 6) is -0.334. The highest BCUT2D eigenvalue weighted by Crippen LogP contribution is 2.28. The van der Waals surface area contributed by atoms with Gasteiger partial charge in [-0.15, -0.1) is 0 Å². The fraction of sp³-hybridized carbons (Fsp3) is 0.476. The maximum atomic E-state index is 14.8. The Hall–Kier alpha value is -2.54. The summed E-state index contributed by atoms with van der Waals surface area (Å²) in [6.45, 7) is 8.68. The van der Waals surface area contributed by atoms with Gasteiger partial charge in [0.15, 0.2) is 0 Å². The van der Waals surface area contributed by atoms with Crippen molar-refractivity contribution in [3.05, 3.63) is 48.0 Å². The van der Waals surface area contributed by atoms with Crippen molar-refractivity contribution in [1.82, 2.24) is 9.47 Å². The van der Waals surface area contributed by atoms with Crippen LogP contribution in [0.1, 0.15) is 32.5 Å². The van der Waals surface area contributed by atoms with Crippen LogP contribution in [-0.2, 0) is 11.3 Å². The van der Waals surface area contributed by atoms with Crippen LogP contribution in [0.15, 0.2) is 36.5 Å². The van der Waals surface area contributed by atoms with Crippen LogP contribution in [-0.4, -0.2) is 47.3 Å². The van der Waals surface area contributed by atoms with Crippen LogP contribution in [0.3, 0.4) is 0 Å². The predicted octanol–water partition coefficient (Wildman–Crippen LogP) is 3.85. The maximum absolute atomic E-state index is 14.8. The Morgan fingerprint density at radius 1 is 1.14 bits per heavy atom. The molecule has 0 aliphatic carbocycles. The average molecular weight is 386 g/mol. The fourth-order valence-electron chi connectivity index (χ4n) is 4.27. The van der Waals surface area contributed by atoms with E-state index >= 15 is 0 Å². The molecule has 1 fully saturated rings. The third-order valence-corrected chi connectivity index (χ3v) is 5.56. The van der Waals surface area contributed by atoms with Crippen molar-refractivity contribution in [3.63, 3.8) is 0 Å². The van der Waals surface area contributed by atoms with Gasteiger partial charge >= 0.3 is 6.03 Å². The molecule has 0 spiro atoms. The predicted molar refractivity (Wildman–Crippen MR) is 107 cm³/mol. The first-order valence-corrected chi connectivity index (χ1v) is 9.85.